The van der Waals surface area contributed by atoms with Gasteiger partial charge < -0.3 is 15.2 Å². The summed E-state index contributed by atoms with van der Waals surface area (Å²) in [6.07, 6.45) is 0.540. The SMILES string of the molecule is CCCCCCOc1ccc(CC(CC)C(=O)O)cc1CNC(=O)c1ccc(C(F)(F)F)cc1. The molecule has 2 aromatic rings. The Bertz CT molecular complexity index is 942. The fourth-order valence-electron chi connectivity index (χ4n) is 3.53. The largest absolute Gasteiger partial charge is 0.493 e. The molecule has 1 atom stereocenters. The van der Waals surface area contributed by atoms with Crippen molar-refractivity contribution in [2.75, 3.05) is 6.61 Å². The first-order valence-corrected chi connectivity index (χ1v) is 11.6. The number of carboxylic acid groups (broad SMARTS) is 1. The smallest absolute Gasteiger partial charge is 0.416 e. The molecule has 5 nitrogen and oxygen atoms in total. The molecule has 2 rings (SSSR count). The lowest BCUT2D eigenvalue weighted by molar-refractivity contribution is -0.141. The maximum absolute atomic E-state index is 12.8. The van der Waals surface area contributed by atoms with Crippen LogP contribution in [-0.2, 0) is 23.9 Å². The van der Waals surface area contributed by atoms with Crippen molar-refractivity contribution in [3.8, 4) is 5.75 Å². The Morgan fingerprint density at radius 2 is 1.74 bits per heavy atom. The van der Waals surface area contributed by atoms with E-state index in [4.69, 9.17) is 4.74 Å². The molecule has 0 saturated heterocycles. The normalized spacial score (nSPS) is 12.3. The van der Waals surface area contributed by atoms with Crippen molar-refractivity contribution in [2.45, 2.75) is 65.1 Å². The zero-order valence-electron chi connectivity index (χ0n) is 19.6. The molecule has 0 spiro atoms. The standard InChI is InChI=1S/C26H32F3NO4/c1-3-5-6-7-14-34-23-13-8-18(15-19(4-2)25(32)33)16-21(23)17-30-24(31)20-9-11-22(12-10-20)26(27,28)29/h8-13,16,19H,3-7,14-15,17H2,1-2H3,(H,30,31)(H,32,33). The van der Waals surface area contributed by atoms with Crippen LogP contribution in [0.2, 0.25) is 0 Å². The zero-order valence-corrected chi connectivity index (χ0v) is 19.6. The van der Waals surface area contributed by atoms with Gasteiger partial charge in [-0.3, -0.25) is 9.59 Å². The minimum absolute atomic E-state index is 0.0991. The lowest BCUT2D eigenvalue weighted by Crippen LogP contribution is -2.23. The Balaban J connectivity index is 2.13. The molecule has 186 valence electrons. The average Bonchev–Trinajstić information content (AvgIpc) is 2.81. The van der Waals surface area contributed by atoms with E-state index in [0.29, 0.717) is 30.8 Å². The first kappa shape index (κ1) is 27.2. The van der Waals surface area contributed by atoms with Crippen LogP contribution in [0.5, 0.6) is 5.75 Å². The number of alkyl halides is 3. The van der Waals surface area contributed by atoms with Gasteiger partial charge in [0.1, 0.15) is 5.75 Å². The third-order valence-electron chi connectivity index (χ3n) is 5.62. The first-order valence-electron chi connectivity index (χ1n) is 11.6. The number of aliphatic carboxylic acids is 1. The lowest BCUT2D eigenvalue weighted by atomic mass is 9.95. The summed E-state index contributed by atoms with van der Waals surface area (Å²) < 4.78 is 44.2. The molecule has 34 heavy (non-hydrogen) atoms. The second-order valence-corrected chi connectivity index (χ2v) is 8.26. The van der Waals surface area contributed by atoms with Crippen molar-refractivity contribution >= 4 is 11.9 Å². The van der Waals surface area contributed by atoms with E-state index in [1.54, 1.807) is 6.07 Å². The number of hydrogen-bond donors (Lipinski definition) is 2. The molecule has 1 amide bonds. The van der Waals surface area contributed by atoms with Gasteiger partial charge in [-0.25, -0.2) is 0 Å². The minimum Gasteiger partial charge on any atom is -0.493 e. The highest BCUT2D eigenvalue weighted by molar-refractivity contribution is 5.94. The quantitative estimate of drug-likeness (QED) is 0.333. The predicted octanol–water partition coefficient (Wildman–Crippen LogP) is 6.25. The van der Waals surface area contributed by atoms with E-state index in [0.717, 1.165) is 55.5 Å². The van der Waals surface area contributed by atoms with Gasteiger partial charge in [0.05, 0.1) is 18.1 Å². The Hall–Kier alpha value is -3.03. The number of amides is 1. The third-order valence-corrected chi connectivity index (χ3v) is 5.62. The fraction of sp³-hybridized carbons (Fsp3) is 0.462. The maximum Gasteiger partial charge on any atom is 0.416 e. The van der Waals surface area contributed by atoms with E-state index in [9.17, 15) is 27.9 Å². The molecule has 1 unspecified atom stereocenters. The molecule has 0 bridgehead atoms. The van der Waals surface area contributed by atoms with Crippen LogP contribution in [-0.4, -0.2) is 23.6 Å². The summed E-state index contributed by atoms with van der Waals surface area (Å²) in [5.74, 6) is -1.30. The summed E-state index contributed by atoms with van der Waals surface area (Å²) in [5.41, 5.74) is 0.794. The van der Waals surface area contributed by atoms with Crippen molar-refractivity contribution < 1.29 is 32.6 Å². The van der Waals surface area contributed by atoms with Crippen LogP contribution in [0.3, 0.4) is 0 Å². The fourth-order valence-corrected chi connectivity index (χ4v) is 3.53. The number of benzene rings is 2. The lowest BCUT2D eigenvalue weighted by Gasteiger charge is -2.16. The molecule has 0 aliphatic heterocycles. The van der Waals surface area contributed by atoms with Gasteiger partial charge in [0, 0.05) is 17.7 Å². The molecule has 0 saturated carbocycles. The van der Waals surface area contributed by atoms with Crippen LogP contribution >= 0.6 is 0 Å². The molecular formula is C26H32F3NO4. The second kappa shape index (κ2) is 13.0. The van der Waals surface area contributed by atoms with Gasteiger partial charge in [-0.2, -0.15) is 13.2 Å². The Labute approximate surface area is 198 Å². The molecule has 0 aliphatic carbocycles. The molecule has 0 aromatic heterocycles. The van der Waals surface area contributed by atoms with Crippen LogP contribution in [0.15, 0.2) is 42.5 Å². The van der Waals surface area contributed by atoms with Gasteiger partial charge in [0.25, 0.3) is 5.91 Å². The summed E-state index contributed by atoms with van der Waals surface area (Å²) in [6.45, 7) is 4.56. The molecule has 2 N–H and O–H groups in total. The molecule has 0 fully saturated rings. The van der Waals surface area contributed by atoms with Crippen molar-refractivity contribution in [1.29, 1.82) is 0 Å². The van der Waals surface area contributed by atoms with Gasteiger partial charge in [0.2, 0.25) is 0 Å². The summed E-state index contributed by atoms with van der Waals surface area (Å²) >= 11 is 0. The predicted molar refractivity (Wildman–Crippen MR) is 124 cm³/mol. The van der Waals surface area contributed by atoms with Crippen molar-refractivity contribution in [3.05, 3.63) is 64.7 Å². The molecule has 0 aliphatic rings. The van der Waals surface area contributed by atoms with Gasteiger partial charge in [-0.05, 0) is 55.2 Å². The van der Waals surface area contributed by atoms with Gasteiger partial charge in [-0.1, -0.05) is 45.2 Å². The number of rotatable bonds is 13. The van der Waals surface area contributed by atoms with Crippen molar-refractivity contribution in [2.24, 2.45) is 5.92 Å². The highest BCUT2D eigenvalue weighted by Gasteiger charge is 2.30. The van der Waals surface area contributed by atoms with Crippen LogP contribution in [0.4, 0.5) is 13.2 Å². The number of ether oxygens (including phenoxy) is 1. The zero-order chi connectivity index (χ0) is 25.1. The van der Waals surface area contributed by atoms with Gasteiger partial charge >= 0.3 is 12.1 Å². The first-order chi connectivity index (χ1) is 16.2. The molecule has 0 radical (unpaired) electrons. The van der Waals surface area contributed by atoms with Crippen molar-refractivity contribution in [3.63, 3.8) is 0 Å². The summed E-state index contributed by atoms with van der Waals surface area (Å²) in [4.78, 5) is 23.9. The third kappa shape index (κ3) is 8.39. The number of halogens is 3. The van der Waals surface area contributed by atoms with E-state index in [-0.39, 0.29) is 12.1 Å². The molecular weight excluding hydrogens is 447 g/mol. The van der Waals surface area contributed by atoms with Crippen LogP contribution < -0.4 is 10.1 Å². The summed E-state index contributed by atoms with van der Waals surface area (Å²) in [7, 11) is 0. The van der Waals surface area contributed by atoms with Gasteiger partial charge in [0.15, 0.2) is 0 Å². The second-order valence-electron chi connectivity index (χ2n) is 8.26. The molecule has 2 aromatic carbocycles. The Morgan fingerprint density at radius 1 is 1.03 bits per heavy atom. The molecule has 0 heterocycles. The van der Waals surface area contributed by atoms with E-state index in [2.05, 4.69) is 12.2 Å². The number of carbonyl (C=O) groups excluding carboxylic acids is 1. The number of unbranched alkanes of at least 4 members (excludes halogenated alkanes) is 3. The van der Waals surface area contributed by atoms with Gasteiger partial charge in [-0.15, -0.1) is 0 Å². The van der Waals surface area contributed by atoms with Crippen LogP contribution in [0.25, 0.3) is 0 Å². The Kier molecular flexibility index (Phi) is 10.4. The van der Waals surface area contributed by atoms with Crippen LogP contribution in [0, 0.1) is 5.92 Å². The van der Waals surface area contributed by atoms with Crippen molar-refractivity contribution in [1.82, 2.24) is 5.32 Å². The van der Waals surface area contributed by atoms with E-state index >= 15 is 0 Å². The average molecular weight is 480 g/mol. The highest BCUT2D eigenvalue weighted by Crippen LogP contribution is 2.29. The minimum atomic E-state index is -4.47. The topological polar surface area (TPSA) is 75.6 Å². The molecule has 8 heteroatoms. The maximum atomic E-state index is 12.8. The summed E-state index contributed by atoms with van der Waals surface area (Å²) in [6, 6.07) is 9.45. The van der Waals surface area contributed by atoms with E-state index < -0.39 is 29.5 Å². The number of carboxylic acids is 1. The number of hydrogen-bond acceptors (Lipinski definition) is 3. The summed E-state index contributed by atoms with van der Waals surface area (Å²) in [5, 5.41) is 12.1. The Morgan fingerprint density at radius 3 is 2.32 bits per heavy atom. The van der Waals surface area contributed by atoms with E-state index in [1.165, 1.54) is 0 Å². The van der Waals surface area contributed by atoms with E-state index in [1.807, 2.05) is 19.1 Å². The van der Waals surface area contributed by atoms with Crippen LogP contribution in [0.1, 0.15) is 73.0 Å². The highest BCUT2D eigenvalue weighted by atomic mass is 19.4. The monoisotopic (exact) mass is 479 g/mol. The number of carbonyl (C=O) groups is 2. The number of nitrogens with one attached hydrogen (secondary N) is 1.